The van der Waals surface area contributed by atoms with Crippen LogP contribution in [-0.4, -0.2) is 58.5 Å². The number of hydrogen-bond donors (Lipinski definition) is 6. The van der Waals surface area contributed by atoms with Crippen LogP contribution in [0, 0.1) is 0 Å². The largest absolute Gasteiger partial charge is 0.872 e. The van der Waals surface area contributed by atoms with Gasteiger partial charge in [0.1, 0.15) is 23.0 Å². The Labute approximate surface area is 193 Å². The summed E-state index contributed by atoms with van der Waals surface area (Å²) in [5, 5.41) is 66.0. The van der Waals surface area contributed by atoms with Gasteiger partial charge in [-0.1, -0.05) is 5.75 Å². The maximum absolute atomic E-state index is 12.2. The summed E-state index contributed by atoms with van der Waals surface area (Å²) in [5.74, 6) is -4.96. The maximum atomic E-state index is 12.2. The summed E-state index contributed by atoms with van der Waals surface area (Å²) in [4.78, 5) is 12.2. The monoisotopic (exact) mass is 466 g/mol. The van der Waals surface area contributed by atoms with Crippen LogP contribution >= 0.6 is 0 Å². The highest BCUT2D eigenvalue weighted by Gasteiger charge is 2.38. The third kappa shape index (κ3) is 7.41. The Balaban J connectivity index is 0.000000460. The van der Waals surface area contributed by atoms with E-state index in [-0.39, 0.29) is 11.3 Å². The molecular weight excluding hydrogens is 432 g/mol. The molecule has 0 spiro atoms. The van der Waals surface area contributed by atoms with E-state index in [1.165, 1.54) is 26.2 Å². The van der Waals surface area contributed by atoms with E-state index in [2.05, 4.69) is 38.3 Å². The summed E-state index contributed by atoms with van der Waals surface area (Å²) in [6, 6.07) is 3.73. The second-order valence-electron chi connectivity index (χ2n) is 7.26. The van der Waals surface area contributed by atoms with E-state index in [1.54, 1.807) is 0 Å². The SMILES string of the molecule is CC[NH2+]CC.CC[NH2+]CC.O=C1c2c([O-])cc(O)cc2O[C@H](c2cc(O)c([O-])c(O)c2)[C@H]1O. The van der Waals surface area contributed by atoms with E-state index >= 15 is 0 Å². The van der Waals surface area contributed by atoms with Crippen molar-refractivity contribution in [2.24, 2.45) is 0 Å². The lowest BCUT2D eigenvalue weighted by Crippen LogP contribution is -2.82. The molecule has 10 nitrogen and oxygen atoms in total. The Kier molecular flexibility index (Phi) is 11.3. The third-order valence-corrected chi connectivity index (χ3v) is 4.66. The smallest absolute Gasteiger partial charge is 0.198 e. The number of phenolic OH excluding ortho intramolecular Hbond substituents is 3. The molecule has 0 bridgehead atoms. The Morgan fingerprint density at radius 1 is 0.879 bits per heavy atom. The Bertz CT molecular complexity index is 887. The number of aliphatic hydroxyl groups excluding tert-OH is 1. The standard InChI is InChI=1S/C15H12O8.2C4H11N/c16-6-3-7(17)11-10(4-6)23-15(14(22)13(11)21)5-1-8(18)12(20)9(19)2-5;2*1-3-5-4-2/h1-4,14-20,22H;2*5H,3-4H2,1-2H3/t14-,15+;;/m0../s1. The molecule has 2 aromatic carbocycles. The minimum atomic E-state index is -1.78. The lowest BCUT2D eigenvalue weighted by atomic mass is 9.92. The molecule has 0 saturated heterocycles. The van der Waals surface area contributed by atoms with E-state index in [0.717, 1.165) is 24.3 Å². The molecule has 2 atom stereocenters. The van der Waals surface area contributed by atoms with Crippen LogP contribution < -0.4 is 25.6 Å². The predicted molar refractivity (Wildman–Crippen MR) is 116 cm³/mol. The molecule has 1 heterocycles. The van der Waals surface area contributed by atoms with Gasteiger partial charge in [-0.3, -0.25) is 4.79 Å². The number of carbonyl (C=O) groups excluding carboxylic acids is 1. The number of benzene rings is 2. The van der Waals surface area contributed by atoms with E-state index in [1.807, 2.05) is 0 Å². The Hall–Kier alpha value is -3.21. The molecule has 1 aliphatic rings. The maximum Gasteiger partial charge on any atom is 0.198 e. The van der Waals surface area contributed by atoms with Crippen LogP contribution in [-0.2, 0) is 0 Å². The van der Waals surface area contributed by atoms with E-state index < -0.39 is 52.3 Å². The van der Waals surface area contributed by atoms with Gasteiger partial charge in [0.25, 0.3) is 0 Å². The highest BCUT2D eigenvalue weighted by atomic mass is 16.5. The second-order valence-corrected chi connectivity index (χ2v) is 7.26. The first-order valence-corrected chi connectivity index (χ1v) is 10.9. The average Bonchev–Trinajstić information content (AvgIpc) is 2.75. The average molecular weight is 467 g/mol. The lowest BCUT2D eigenvalue weighted by molar-refractivity contribution is -0.648. The number of fused-ring (bicyclic) bond motifs is 1. The molecule has 0 radical (unpaired) electrons. The summed E-state index contributed by atoms with van der Waals surface area (Å²) in [5.41, 5.74) is -0.442. The van der Waals surface area contributed by atoms with Crippen molar-refractivity contribution in [1.82, 2.24) is 0 Å². The lowest BCUT2D eigenvalue weighted by Gasteiger charge is -2.32. The highest BCUT2D eigenvalue weighted by Crippen LogP contribution is 2.43. The third-order valence-electron chi connectivity index (χ3n) is 4.66. The number of ether oxygens (including phenoxy) is 1. The molecule has 0 aromatic heterocycles. The zero-order valence-corrected chi connectivity index (χ0v) is 19.4. The van der Waals surface area contributed by atoms with Gasteiger partial charge in [-0.25, -0.2) is 0 Å². The zero-order chi connectivity index (χ0) is 25.1. The molecule has 184 valence electrons. The van der Waals surface area contributed by atoms with Crippen molar-refractivity contribution >= 4 is 5.78 Å². The summed E-state index contributed by atoms with van der Waals surface area (Å²) < 4.78 is 5.36. The number of aliphatic hydroxyl groups is 1. The van der Waals surface area contributed by atoms with Crippen LogP contribution in [0.3, 0.4) is 0 Å². The highest BCUT2D eigenvalue weighted by molar-refractivity contribution is 6.05. The van der Waals surface area contributed by atoms with E-state index in [9.17, 15) is 35.4 Å². The molecule has 0 saturated carbocycles. The van der Waals surface area contributed by atoms with Gasteiger partial charge < -0.3 is 46.0 Å². The van der Waals surface area contributed by atoms with Crippen molar-refractivity contribution in [2.45, 2.75) is 39.9 Å². The van der Waals surface area contributed by atoms with Crippen molar-refractivity contribution in [3.8, 4) is 34.5 Å². The van der Waals surface area contributed by atoms with E-state index in [4.69, 9.17) is 4.74 Å². The molecular formula is C23H34N2O8. The molecule has 33 heavy (non-hydrogen) atoms. The molecule has 0 unspecified atom stereocenters. The molecule has 1 aliphatic heterocycles. The fourth-order valence-electron chi connectivity index (χ4n) is 3.01. The number of Topliss-reactive ketones (excluding diaryl/α,β-unsaturated/α-hetero) is 1. The molecule has 8 N–H and O–H groups in total. The van der Waals surface area contributed by atoms with Crippen LogP contribution in [0.4, 0.5) is 0 Å². The predicted octanol–water partition coefficient (Wildman–Crippen LogP) is -1.19. The number of quaternary nitrogens is 2. The summed E-state index contributed by atoms with van der Waals surface area (Å²) in [6.45, 7) is 13.5. The molecule has 2 aromatic rings. The number of nitrogens with two attached hydrogens (primary N) is 2. The van der Waals surface area contributed by atoms with Gasteiger partial charge in [0.15, 0.2) is 18.0 Å². The number of carbonyl (C=O) groups is 1. The van der Waals surface area contributed by atoms with Gasteiger partial charge in [-0.2, -0.15) is 0 Å². The van der Waals surface area contributed by atoms with Crippen molar-refractivity contribution in [3.05, 3.63) is 35.4 Å². The molecule has 3 rings (SSSR count). The topological polar surface area (TPSA) is 187 Å². The van der Waals surface area contributed by atoms with Gasteiger partial charge in [-0.05, 0) is 51.6 Å². The van der Waals surface area contributed by atoms with Crippen LogP contribution in [0.25, 0.3) is 0 Å². The Morgan fingerprint density at radius 2 is 1.36 bits per heavy atom. The molecule has 0 fully saturated rings. The first-order valence-electron chi connectivity index (χ1n) is 10.9. The van der Waals surface area contributed by atoms with Gasteiger partial charge >= 0.3 is 0 Å². The van der Waals surface area contributed by atoms with Gasteiger partial charge in [0.2, 0.25) is 0 Å². The van der Waals surface area contributed by atoms with Gasteiger partial charge in [0.05, 0.1) is 31.7 Å². The summed E-state index contributed by atoms with van der Waals surface area (Å²) in [6.07, 6.45) is -3.15. The first-order chi connectivity index (χ1) is 15.6. The molecule has 10 heteroatoms. The fraction of sp³-hybridized carbons (Fsp3) is 0.435. The van der Waals surface area contributed by atoms with Crippen LogP contribution in [0.1, 0.15) is 49.7 Å². The number of phenols is 3. The Morgan fingerprint density at radius 3 is 1.79 bits per heavy atom. The van der Waals surface area contributed by atoms with Crippen LogP contribution in [0.15, 0.2) is 24.3 Å². The van der Waals surface area contributed by atoms with Gasteiger partial charge in [-0.15, -0.1) is 0 Å². The normalized spacial score (nSPS) is 16.5. The van der Waals surface area contributed by atoms with Crippen LogP contribution in [0.5, 0.6) is 34.5 Å². The van der Waals surface area contributed by atoms with Crippen molar-refractivity contribution in [3.63, 3.8) is 0 Å². The number of ketones is 1. The summed E-state index contributed by atoms with van der Waals surface area (Å²) >= 11 is 0. The molecule has 0 aliphatic carbocycles. The first kappa shape index (κ1) is 27.8. The number of rotatable bonds is 5. The molecule has 0 amide bonds. The minimum Gasteiger partial charge on any atom is -0.872 e. The minimum absolute atomic E-state index is 0.0399. The van der Waals surface area contributed by atoms with Crippen molar-refractivity contribution in [2.75, 3.05) is 26.2 Å². The number of aromatic hydroxyl groups is 3. The van der Waals surface area contributed by atoms with Gasteiger partial charge in [0, 0.05) is 11.6 Å². The quantitative estimate of drug-likeness (QED) is 0.317. The zero-order valence-electron chi connectivity index (χ0n) is 19.4. The fourth-order valence-corrected chi connectivity index (χ4v) is 3.01. The number of hydrogen-bond acceptors (Lipinski definition) is 8. The van der Waals surface area contributed by atoms with Crippen molar-refractivity contribution < 1.29 is 50.8 Å². The summed E-state index contributed by atoms with van der Waals surface area (Å²) in [7, 11) is 0. The van der Waals surface area contributed by atoms with E-state index in [0.29, 0.717) is 0 Å². The van der Waals surface area contributed by atoms with Crippen molar-refractivity contribution in [1.29, 1.82) is 0 Å². The second kappa shape index (κ2) is 13.4. The van der Waals surface area contributed by atoms with Crippen LogP contribution in [0.2, 0.25) is 0 Å².